The molecular formula is C20H13ClF4N4. The van der Waals surface area contributed by atoms with Crippen molar-refractivity contribution in [3.8, 4) is 22.4 Å². The maximum Gasteiger partial charge on any atom is 0.433 e. The normalized spacial score (nSPS) is 12.0. The molecule has 0 N–H and O–H groups in total. The molecular weight excluding hydrogens is 408 g/mol. The van der Waals surface area contributed by atoms with Crippen LogP contribution in [0.25, 0.3) is 28.0 Å². The van der Waals surface area contributed by atoms with Gasteiger partial charge in [-0.25, -0.2) is 13.9 Å². The average Bonchev–Trinajstić information content (AvgIpc) is 3.05. The van der Waals surface area contributed by atoms with Crippen LogP contribution in [0.4, 0.5) is 17.6 Å². The van der Waals surface area contributed by atoms with Gasteiger partial charge in [0.1, 0.15) is 5.82 Å². The van der Waals surface area contributed by atoms with Crippen LogP contribution in [0, 0.1) is 19.7 Å². The van der Waals surface area contributed by atoms with Gasteiger partial charge in [-0.3, -0.25) is 4.98 Å². The zero-order valence-electron chi connectivity index (χ0n) is 15.2. The first-order chi connectivity index (χ1) is 13.6. The molecule has 1 aromatic carbocycles. The number of aryl methyl sites for hydroxylation is 2. The van der Waals surface area contributed by atoms with E-state index in [-0.39, 0.29) is 21.9 Å². The van der Waals surface area contributed by atoms with Gasteiger partial charge in [0.25, 0.3) is 0 Å². The lowest BCUT2D eigenvalue weighted by atomic mass is 10.1. The second-order valence-corrected chi connectivity index (χ2v) is 6.99. The third-order valence-electron chi connectivity index (χ3n) is 4.37. The predicted octanol–water partition coefficient (Wildman–Crippen LogP) is 5.89. The van der Waals surface area contributed by atoms with Gasteiger partial charge in [-0.15, -0.1) is 0 Å². The van der Waals surface area contributed by atoms with Gasteiger partial charge in [0, 0.05) is 22.5 Å². The van der Waals surface area contributed by atoms with E-state index in [0.29, 0.717) is 11.1 Å². The minimum atomic E-state index is -4.67. The van der Waals surface area contributed by atoms with Crippen LogP contribution in [0.1, 0.15) is 17.1 Å². The smallest absolute Gasteiger partial charge is 0.258 e. The lowest BCUT2D eigenvalue weighted by molar-refractivity contribution is -0.142. The molecule has 0 aliphatic carbocycles. The Balaban J connectivity index is 2.02. The minimum Gasteiger partial charge on any atom is -0.258 e. The Bertz CT molecular complexity index is 1230. The summed E-state index contributed by atoms with van der Waals surface area (Å²) < 4.78 is 55.4. The molecule has 0 atom stereocenters. The Kier molecular flexibility index (Phi) is 4.53. The molecule has 9 heteroatoms. The van der Waals surface area contributed by atoms with E-state index in [2.05, 4.69) is 15.1 Å². The standard InChI is InChI=1S/C20H13ClF4N4/c1-10-5-13(6-11(2)27-10)14-9-26-29-18(20(23,24)25)8-17(28-19(14)29)12-3-4-16(22)15(21)7-12/h3-9H,1-2H3. The first kappa shape index (κ1) is 19.3. The van der Waals surface area contributed by atoms with Crippen molar-refractivity contribution in [1.82, 2.24) is 19.6 Å². The van der Waals surface area contributed by atoms with Gasteiger partial charge in [-0.1, -0.05) is 11.6 Å². The molecule has 0 aliphatic rings. The molecule has 4 aromatic rings. The summed E-state index contributed by atoms with van der Waals surface area (Å²) in [5.74, 6) is -0.666. The number of fused-ring (bicyclic) bond motifs is 1. The van der Waals surface area contributed by atoms with Crippen LogP contribution in [-0.2, 0) is 6.18 Å². The van der Waals surface area contributed by atoms with Crippen molar-refractivity contribution in [2.24, 2.45) is 0 Å². The second-order valence-electron chi connectivity index (χ2n) is 6.59. The zero-order chi connectivity index (χ0) is 20.9. The van der Waals surface area contributed by atoms with E-state index in [1.165, 1.54) is 18.3 Å². The summed E-state index contributed by atoms with van der Waals surface area (Å²) in [6.45, 7) is 3.59. The quantitative estimate of drug-likeness (QED) is 0.380. The van der Waals surface area contributed by atoms with Gasteiger partial charge in [-0.05, 0) is 55.8 Å². The van der Waals surface area contributed by atoms with Gasteiger partial charge >= 0.3 is 6.18 Å². The van der Waals surface area contributed by atoms with Crippen LogP contribution in [-0.4, -0.2) is 19.6 Å². The molecule has 0 bridgehead atoms. The first-order valence-corrected chi connectivity index (χ1v) is 8.88. The van der Waals surface area contributed by atoms with Crippen LogP contribution in [0.2, 0.25) is 5.02 Å². The topological polar surface area (TPSA) is 43.1 Å². The number of nitrogens with zero attached hydrogens (tertiary/aromatic N) is 4. The van der Waals surface area contributed by atoms with E-state index < -0.39 is 17.7 Å². The fraction of sp³-hybridized carbons (Fsp3) is 0.150. The molecule has 4 rings (SSSR count). The van der Waals surface area contributed by atoms with Crippen molar-refractivity contribution < 1.29 is 17.6 Å². The zero-order valence-corrected chi connectivity index (χ0v) is 16.0. The van der Waals surface area contributed by atoms with Crippen molar-refractivity contribution >= 4 is 17.2 Å². The molecule has 0 amide bonds. The Hall–Kier alpha value is -3.00. The van der Waals surface area contributed by atoms with Crippen LogP contribution < -0.4 is 0 Å². The van der Waals surface area contributed by atoms with E-state index in [1.54, 1.807) is 26.0 Å². The third-order valence-corrected chi connectivity index (χ3v) is 4.66. The van der Waals surface area contributed by atoms with Gasteiger partial charge < -0.3 is 0 Å². The number of hydrogen-bond acceptors (Lipinski definition) is 3. The molecule has 148 valence electrons. The van der Waals surface area contributed by atoms with Crippen LogP contribution in [0.15, 0.2) is 42.6 Å². The SMILES string of the molecule is Cc1cc(-c2cnn3c(C(F)(F)F)cc(-c4ccc(F)c(Cl)c4)nc23)cc(C)n1. The lowest BCUT2D eigenvalue weighted by Crippen LogP contribution is -2.13. The Morgan fingerprint density at radius 1 is 0.931 bits per heavy atom. The van der Waals surface area contributed by atoms with Gasteiger partial charge in [0.2, 0.25) is 0 Å². The van der Waals surface area contributed by atoms with Crippen LogP contribution >= 0.6 is 11.6 Å². The van der Waals surface area contributed by atoms with Crippen molar-refractivity contribution in [1.29, 1.82) is 0 Å². The first-order valence-electron chi connectivity index (χ1n) is 8.50. The summed E-state index contributed by atoms with van der Waals surface area (Å²) in [6.07, 6.45) is -3.33. The van der Waals surface area contributed by atoms with E-state index in [4.69, 9.17) is 11.6 Å². The highest BCUT2D eigenvalue weighted by Gasteiger charge is 2.35. The Labute approximate surface area is 167 Å². The molecule has 0 fully saturated rings. The summed E-state index contributed by atoms with van der Waals surface area (Å²) in [5.41, 5.74) is 1.83. The van der Waals surface area contributed by atoms with E-state index in [0.717, 1.165) is 28.0 Å². The van der Waals surface area contributed by atoms with E-state index >= 15 is 0 Å². The number of hydrogen-bond donors (Lipinski definition) is 0. The summed E-state index contributed by atoms with van der Waals surface area (Å²) in [5, 5.41) is 3.71. The number of rotatable bonds is 2. The molecule has 0 aliphatic heterocycles. The molecule has 4 nitrogen and oxygen atoms in total. The molecule has 0 saturated carbocycles. The fourth-order valence-electron chi connectivity index (χ4n) is 3.16. The maximum absolute atomic E-state index is 13.7. The average molecular weight is 421 g/mol. The van der Waals surface area contributed by atoms with Crippen LogP contribution in [0.5, 0.6) is 0 Å². The Morgan fingerprint density at radius 3 is 2.24 bits per heavy atom. The fourth-order valence-corrected chi connectivity index (χ4v) is 3.34. The molecule has 3 heterocycles. The highest BCUT2D eigenvalue weighted by atomic mass is 35.5. The molecule has 0 spiro atoms. The second kappa shape index (κ2) is 6.81. The van der Waals surface area contributed by atoms with Gasteiger partial charge in [-0.2, -0.15) is 18.3 Å². The Morgan fingerprint density at radius 2 is 1.62 bits per heavy atom. The highest BCUT2D eigenvalue weighted by Crippen LogP contribution is 2.35. The molecule has 0 unspecified atom stereocenters. The lowest BCUT2D eigenvalue weighted by Gasteiger charge is -2.12. The predicted molar refractivity (Wildman–Crippen MR) is 101 cm³/mol. The molecule has 0 saturated heterocycles. The molecule has 0 radical (unpaired) electrons. The third kappa shape index (κ3) is 3.55. The number of aromatic nitrogens is 4. The number of halogens is 5. The largest absolute Gasteiger partial charge is 0.433 e. The van der Waals surface area contributed by atoms with Crippen molar-refractivity contribution in [3.63, 3.8) is 0 Å². The number of alkyl halides is 3. The van der Waals surface area contributed by atoms with Gasteiger partial charge in [0.15, 0.2) is 11.3 Å². The van der Waals surface area contributed by atoms with Crippen molar-refractivity contribution in [2.45, 2.75) is 20.0 Å². The molecule has 29 heavy (non-hydrogen) atoms. The highest BCUT2D eigenvalue weighted by molar-refractivity contribution is 6.31. The van der Waals surface area contributed by atoms with Crippen LogP contribution in [0.3, 0.4) is 0 Å². The summed E-state index contributed by atoms with van der Waals surface area (Å²) in [7, 11) is 0. The van der Waals surface area contributed by atoms with E-state index in [9.17, 15) is 17.6 Å². The van der Waals surface area contributed by atoms with Crippen molar-refractivity contribution in [2.75, 3.05) is 0 Å². The number of benzene rings is 1. The van der Waals surface area contributed by atoms with Gasteiger partial charge in [0.05, 0.1) is 16.9 Å². The van der Waals surface area contributed by atoms with E-state index in [1.807, 2.05) is 0 Å². The molecule has 3 aromatic heterocycles. The minimum absolute atomic E-state index is 0.0102. The monoisotopic (exact) mass is 420 g/mol. The summed E-state index contributed by atoms with van der Waals surface area (Å²) >= 11 is 5.80. The van der Waals surface area contributed by atoms with Crippen molar-refractivity contribution in [3.05, 3.63) is 70.5 Å². The maximum atomic E-state index is 13.7. The summed E-state index contributed by atoms with van der Waals surface area (Å²) in [6, 6.07) is 8.03. The number of pyridine rings is 1. The summed E-state index contributed by atoms with van der Waals surface area (Å²) in [4.78, 5) is 8.67.